The van der Waals surface area contributed by atoms with E-state index in [2.05, 4.69) is 0 Å². The van der Waals surface area contributed by atoms with Crippen molar-refractivity contribution in [3.63, 3.8) is 0 Å². The summed E-state index contributed by atoms with van der Waals surface area (Å²) < 4.78 is 50.3. The second-order valence-electron chi connectivity index (χ2n) is 10.1. The van der Waals surface area contributed by atoms with Crippen LogP contribution < -0.4 is 18.9 Å². The lowest BCUT2D eigenvalue weighted by molar-refractivity contribution is 0.0589. The quantitative estimate of drug-likeness (QED) is 0.362. The molecule has 0 N–H and O–H groups in total. The second kappa shape index (κ2) is 12.4. The van der Waals surface area contributed by atoms with Crippen LogP contribution >= 0.6 is 0 Å². The van der Waals surface area contributed by atoms with Gasteiger partial charge < -0.3 is 23.8 Å². The molecule has 3 aromatic rings. The number of piperidine rings is 1. The maximum atomic E-state index is 13.9. The molecule has 1 atom stereocenters. The lowest BCUT2D eigenvalue weighted by Gasteiger charge is -2.37. The number of benzene rings is 3. The van der Waals surface area contributed by atoms with E-state index < -0.39 is 16.1 Å². The molecule has 1 saturated heterocycles. The highest BCUT2D eigenvalue weighted by Crippen LogP contribution is 2.39. The SMILES string of the molecule is COc1ccc(OC[C@H]2c3cc(OC)c(OC)cc3CCN2C(=O)c2ccc(S(=O)(=O)N3CCCCC3)cc2)cc1. The van der Waals surface area contributed by atoms with Crippen molar-refractivity contribution in [1.82, 2.24) is 9.21 Å². The van der Waals surface area contributed by atoms with Crippen molar-refractivity contribution >= 4 is 15.9 Å². The van der Waals surface area contributed by atoms with Crippen LogP contribution in [-0.4, -0.2) is 71.1 Å². The number of sulfonamides is 1. The lowest BCUT2D eigenvalue weighted by Crippen LogP contribution is -2.42. The van der Waals surface area contributed by atoms with Crippen LogP contribution in [0.2, 0.25) is 0 Å². The molecule has 3 aromatic carbocycles. The van der Waals surface area contributed by atoms with Gasteiger partial charge in [-0.3, -0.25) is 4.79 Å². The average molecular weight is 581 g/mol. The van der Waals surface area contributed by atoms with E-state index in [9.17, 15) is 13.2 Å². The van der Waals surface area contributed by atoms with Gasteiger partial charge in [0.1, 0.15) is 18.1 Å². The fraction of sp³-hybridized carbons (Fsp3) is 0.387. The van der Waals surface area contributed by atoms with Gasteiger partial charge in [0.2, 0.25) is 10.0 Å². The minimum Gasteiger partial charge on any atom is -0.497 e. The molecular weight excluding hydrogens is 544 g/mol. The Morgan fingerprint density at radius 1 is 0.805 bits per heavy atom. The molecule has 2 aliphatic rings. The second-order valence-corrected chi connectivity index (χ2v) is 12.1. The number of amides is 1. The highest BCUT2D eigenvalue weighted by atomic mass is 32.2. The van der Waals surface area contributed by atoms with Crippen LogP contribution in [0.1, 0.15) is 46.8 Å². The van der Waals surface area contributed by atoms with Crippen molar-refractivity contribution in [2.45, 2.75) is 36.6 Å². The van der Waals surface area contributed by atoms with E-state index in [1.807, 2.05) is 36.4 Å². The summed E-state index contributed by atoms with van der Waals surface area (Å²) in [6.45, 7) is 1.73. The number of rotatable bonds is 9. The van der Waals surface area contributed by atoms with Gasteiger partial charge in [-0.2, -0.15) is 4.31 Å². The molecule has 0 saturated carbocycles. The topological polar surface area (TPSA) is 94.6 Å². The summed E-state index contributed by atoms with van der Waals surface area (Å²) in [6.07, 6.45) is 3.40. The first-order valence-corrected chi connectivity index (χ1v) is 15.2. The van der Waals surface area contributed by atoms with E-state index in [-0.39, 0.29) is 17.4 Å². The first-order chi connectivity index (χ1) is 19.8. The van der Waals surface area contributed by atoms with Crippen LogP contribution in [0.4, 0.5) is 0 Å². The molecule has 1 amide bonds. The maximum Gasteiger partial charge on any atom is 0.254 e. The molecule has 0 aromatic heterocycles. The monoisotopic (exact) mass is 580 g/mol. The van der Waals surface area contributed by atoms with E-state index >= 15 is 0 Å². The van der Waals surface area contributed by atoms with Gasteiger partial charge in [0.05, 0.1) is 32.3 Å². The predicted octanol–water partition coefficient (Wildman–Crippen LogP) is 4.71. The molecule has 0 aliphatic carbocycles. The summed E-state index contributed by atoms with van der Waals surface area (Å²) in [7, 11) is 1.20. The Kier molecular flexibility index (Phi) is 8.70. The predicted molar refractivity (Wildman–Crippen MR) is 155 cm³/mol. The first kappa shape index (κ1) is 28.8. The molecule has 2 aliphatic heterocycles. The highest BCUT2D eigenvalue weighted by molar-refractivity contribution is 7.89. The summed E-state index contributed by atoms with van der Waals surface area (Å²) in [6, 6.07) is 17.0. The Bertz CT molecular complexity index is 1470. The average Bonchev–Trinajstić information content (AvgIpc) is 3.03. The molecule has 0 bridgehead atoms. The van der Waals surface area contributed by atoms with Gasteiger partial charge >= 0.3 is 0 Å². The summed E-state index contributed by atoms with van der Waals surface area (Å²) in [5.41, 5.74) is 2.39. The van der Waals surface area contributed by atoms with Crippen molar-refractivity contribution < 1.29 is 32.2 Å². The zero-order valence-electron chi connectivity index (χ0n) is 23.7. The Hall–Kier alpha value is -3.76. The van der Waals surface area contributed by atoms with Crippen LogP contribution in [0.25, 0.3) is 0 Å². The lowest BCUT2D eigenvalue weighted by atomic mass is 9.91. The van der Waals surface area contributed by atoms with Crippen molar-refractivity contribution in [1.29, 1.82) is 0 Å². The third kappa shape index (κ3) is 5.99. The van der Waals surface area contributed by atoms with Gasteiger partial charge in [0.15, 0.2) is 11.5 Å². The smallest absolute Gasteiger partial charge is 0.254 e. The summed E-state index contributed by atoms with van der Waals surface area (Å²) in [5.74, 6) is 2.38. The molecule has 0 radical (unpaired) electrons. The Balaban J connectivity index is 1.43. The molecule has 41 heavy (non-hydrogen) atoms. The van der Waals surface area contributed by atoms with Crippen LogP contribution in [0.15, 0.2) is 65.6 Å². The van der Waals surface area contributed by atoms with E-state index in [4.69, 9.17) is 18.9 Å². The van der Waals surface area contributed by atoms with E-state index in [0.717, 1.165) is 36.1 Å². The molecule has 9 nitrogen and oxygen atoms in total. The van der Waals surface area contributed by atoms with Crippen LogP contribution in [0.5, 0.6) is 23.0 Å². The largest absolute Gasteiger partial charge is 0.497 e. The summed E-state index contributed by atoms with van der Waals surface area (Å²) in [5, 5.41) is 0. The van der Waals surface area contributed by atoms with Crippen LogP contribution in [-0.2, 0) is 16.4 Å². The van der Waals surface area contributed by atoms with Crippen molar-refractivity contribution in [3.8, 4) is 23.0 Å². The van der Waals surface area contributed by atoms with Gasteiger partial charge in [0, 0.05) is 25.2 Å². The van der Waals surface area contributed by atoms with E-state index in [1.165, 1.54) is 16.4 Å². The number of carbonyl (C=O) groups excluding carboxylic acids is 1. The number of ether oxygens (including phenoxy) is 4. The number of hydrogen-bond acceptors (Lipinski definition) is 7. The summed E-state index contributed by atoms with van der Waals surface area (Å²) >= 11 is 0. The van der Waals surface area contributed by atoms with E-state index in [1.54, 1.807) is 38.4 Å². The number of methoxy groups -OCH3 is 3. The Labute approximate surface area is 241 Å². The minimum atomic E-state index is -3.59. The molecule has 0 spiro atoms. The van der Waals surface area contributed by atoms with E-state index in [0.29, 0.717) is 48.9 Å². The molecule has 0 unspecified atom stereocenters. The summed E-state index contributed by atoms with van der Waals surface area (Å²) in [4.78, 5) is 15.9. The minimum absolute atomic E-state index is 0.198. The number of nitrogens with zero attached hydrogens (tertiary/aromatic N) is 2. The third-order valence-electron chi connectivity index (χ3n) is 7.78. The van der Waals surface area contributed by atoms with Crippen LogP contribution in [0, 0.1) is 0 Å². The first-order valence-electron chi connectivity index (χ1n) is 13.8. The molecule has 2 heterocycles. The van der Waals surface area contributed by atoms with Gasteiger partial charge in [-0.15, -0.1) is 0 Å². The zero-order chi connectivity index (χ0) is 29.0. The number of fused-ring (bicyclic) bond motifs is 1. The van der Waals surface area contributed by atoms with Crippen molar-refractivity contribution in [2.24, 2.45) is 0 Å². The third-order valence-corrected chi connectivity index (χ3v) is 9.70. The van der Waals surface area contributed by atoms with Crippen LogP contribution in [0.3, 0.4) is 0 Å². The molecule has 10 heteroatoms. The fourth-order valence-corrected chi connectivity index (χ4v) is 7.00. The zero-order valence-corrected chi connectivity index (χ0v) is 24.5. The molecule has 218 valence electrons. The van der Waals surface area contributed by atoms with Gasteiger partial charge in [-0.05, 0) is 91.1 Å². The standard InChI is InChI=1S/C31H36N2O7S/c1-37-24-9-11-25(12-10-24)40-21-28-27-20-30(39-3)29(38-2)19-23(27)15-18-33(28)31(34)22-7-13-26(14-8-22)41(35,36)32-16-5-4-6-17-32/h7-14,19-20,28H,4-6,15-18,21H2,1-3H3/t28-/m0/s1. The van der Waals surface area contributed by atoms with Gasteiger partial charge in [-0.1, -0.05) is 6.42 Å². The Morgan fingerprint density at radius 3 is 2.07 bits per heavy atom. The number of carbonyl (C=O) groups is 1. The van der Waals surface area contributed by atoms with Gasteiger partial charge in [0.25, 0.3) is 5.91 Å². The van der Waals surface area contributed by atoms with Gasteiger partial charge in [-0.25, -0.2) is 8.42 Å². The molecule has 5 rings (SSSR count). The highest BCUT2D eigenvalue weighted by Gasteiger charge is 2.34. The normalized spacial score (nSPS) is 17.4. The van der Waals surface area contributed by atoms with Crippen molar-refractivity contribution in [2.75, 3.05) is 47.6 Å². The maximum absolute atomic E-state index is 13.9. The Morgan fingerprint density at radius 2 is 1.44 bits per heavy atom. The molecular formula is C31H36N2O7S. The number of hydrogen-bond donors (Lipinski definition) is 0. The molecule has 1 fully saturated rings. The van der Waals surface area contributed by atoms with Crippen molar-refractivity contribution in [3.05, 3.63) is 77.4 Å². The fourth-order valence-electron chi connectivity index (χ4n) is 5.49.